The number of rotatable bonds is 3. The smallest absolute Gasteiger partial charge is 0.127 e. The molecule has 0 aliphatic rings. The molecule has 0 bridgehead atoms. The minimum absolute atomic E-state index is 0.975. The van der Waals surface area contributed by atoms with Gasteiger partial charge in [-0.2, -0.15) is 0 Å². The number of hydrogen-bond donors (Lipinski definition) is 0. The van der Waals surface area contributed by atoms with Gasteiger partial charge in [-0.3, -0.25) is 4.68 Å². The molecule has 0 heterocycles. The highest BCUT2D eigenvalue weighted by molar-refractivity contribution is 7.98. The second-order valence-electron chi connectivity index (χ2n) is 2.43. The van der Waals surface area contributed by atoms with E-state index in [4.69, 9.17) is 0 Å². The number of nitrogens with zero attached hydrogens (tertiary/aromatic N) is 2. The van der Waals surface area contributed by atoms with Gasteiger partial charge in [0.15, 0.2) is 0 Å². The van der Waals surface area contributed by atoms with E-state index in [9.17, 15) is 0 Å². The van der Waals surface area contributed by atoms with Crippen molar-refractivity contribution in [3.05, 3.63) is 29.7 Å². The first-order valence-corrected chi connectivity index (χ1v) is 5.85. The van der Waals surface area contributed by atoms with Crippen LogP contribution in [0.3, 0.4) is 0 Å². The molecule has 0 spiro atoms. The molecule has 0 unspecified atom stereocenters. The molecule has 78 valence electrons. The van der Waals surface area contributed by atoms with Crippen LogP contribution < -0.4 is 0 Å². The molecule has 0 radical (unpaired) electrons. The van der Waals surface area contributed by atoms with E-state index in [1.165, 1.54) is 4.90 Å². The van der Waals surface area contributed by atoms with Gasteiger partial charge in [0.05, 0.1) is 0 Å². The summed E-state index contributed by atoms with van der Waals surface area (Å²) in [5, 5.41) is 0. The van der Waals surface area contributed by atoms with Crippen LogP contribution in [0, 0.1) is 0 Å². The molecule has 0 aromatic heterocycles. The highest BCUT2D eigenvalue weighted by Gasteiger charge is 1.91. The Labute approximate surface area is 91.0 Å². The number of thioether (sulfide) groups is 1. The normalized spacial score (nSPS) is 8.57. The molecule has 1 aromatic rings. The first kappa shape index (κ1) is 13.0. The first-order chi connectivity index (χ1) is 6.74. The summed E-state index contributed by atoms with van der Waals surface area (Å²) in [6.07, 6.45) is 2.04. The maximum absolute atomic E-state index is 4.23. The fourth-order valence-electron chi connectivity index (χ4n) is 0.896. The second-order valence-corrected chi connectivity index (χ2v) is 3.28. The summed E-state index contributed by atoms with van der Waals surface area (Å²) >= 11 is 1.69. The topological polar surface area (TPSA) is 17.1 Å². The van der Waals surface area contributed by atoms with E-state index in [0.717, 1.165) is 5.69 Å². The monoisotopic (exact) mass is 210 g/mol. The average molecular weight is 210 g/mol. The predicted octanol–water partition coefficient (Wildman–Crippen LogP) is 3.70. The van der Waals surface area contributed by atoms with E-state index in [0.29, 0.717) is 0 Å². The lowest BCUT2D eigenvalue weighted by molar-refractivity contribution is -0.428. The lowest BCUT2D eigenvalue weighted by Crippen LogP contribution is -1.91. The molecule has 0 amide bonds. The van der Waals surface area contributed by atoms with Crippen molar-refractivity contribution in [2.75, 3.05) is 13.3 Å². The Morgan fingerprint density at radius 3 is 2.36 bits per heavy atom. The molecule has 1 aromatic carbocycles. The summed E-state index contributed by atoms with van der Waals surface area (Å²) in [5.41, 5.74) is 5.21. The molecule has 0 saturated carbocycles. The van der Waals surface area contributed by atoms with Crippen molar-refractivity contribution in [1.29, 1.82) is 0 Å². The standard InChI is InChI=1S/C9H12N2S.C2H6/c1-11(2)10-8-6-4-5-7-9(8)12-3;1-2/h4-7H,1H2,2-3H3;1-2H3. The molecule has 1 rings (SSSR count). The molecular weight excluding hydrogens is 192 g/mol. The van der Waals surface area contributed by atoms with Crippen LogP contribution in [0.4, 0.5) is 5.69 Å². The fraction of sp³-hybridized carbons (Fsp3) is 0.364. The van der Waals surface area contributed by atoms with E-state index in [1.54, 1.807) is 16.4 Å². The fourth-order valence-corrected chi connectivity index (χ4v) is 1.43. The largest absolute Gasteiger partial charge is 0.410 e. The third kappa shape index (κ3) is 4.33. The van der Waals surface area contributed by atoms with Gasteiger partial charge in [0.25, 0.3) is 0 Å². The lowest BCUT2D eigenvalue weighted by atomic mass is 10.3. The molecule has 0 atom stereocenters. The summed E-state index contributed by atoms with van der Waals surface area (Å²) < 4.78 is 1.56. The van der Waals surface area contributed by atoms with Gasteiger partial charge in [-0.15, -0.1) is 11.8 Å². The van der Waals surface area contributed by atoms with Crippen molar-refractivity contribution in [3.63, 3.8) is 0 Å². The molecular formula is C11H18N2S. The zero-order valence-electron chi connectivity index (χ0n) is 9.32. The maximum atomic E-state index is 4.23. The lowest BCUT2D eigenvalue weighted by Gasteiger charge is -2.16. The highest BCUT2D eigenvalue weighted by atomic mass is 32.2. The molecule has 3 heteroatoms. The Morgan fingerprint density at radius 1 is 1.29 bits per heavy atom. The zero-order valence-corrected chi connectivity index (χ0v) is 10.1. The van der Waals surface area contributed by atoms with Gasteiger partial charge >= 0.3 is 0 Å². The third-order valence-corrected chi connectivity index (χ3v) is 2.15. The van der Waals surface area contributed by atoms with Gasteiger partial charge < -0.3 is 5.43 Å². The molecule has 2 nitrogen and oxygen atoms in total. The summed E-state index contributed by atoms with van der Waals surface area (Å²) in [5.74, 6) is 0. The van der Waals surface area contributed by atoms with Crippen LogP contribution in [-0.2, 0) is 0 Å². The number of benzene rings is 1. The molecule has 0 saturated heterocycles. The summed E-state index contributed by atoms with van der Waals surface area (Å²) in [4.78, 5) is 1.17. The predicted molar refractivity (Wildman–Crippen MR) is 65.9 cm³/mol. The Morgan fingerprint density at radius 2 is 1.86 bits per heavy atom. The van der Waals surface area contributed by atoms with Crippen molar-refractivity contribution in [2.24, 2.45) is 0 Å². The second kappa shape index (κ2) is 7.44. The Kier molecular flexibility index (Phi) is 6.93. The van der Waals surface area contributed by atoms with Crippen LogP contribution in [0.25, 0.3) is 5.43 Å². The van der Waals surface area contributed by atoms with Gasteiger partial charge in [-0.25, -0.2) is 0 Å². The zero-order chi connectivity index (χ0) is 11.0. The van der Waals surface area contributed by atoms with Gasteiger partial charge in [-0.1, -0.05) is 37.7 Å². The summed E-state index contributed by atoms with van der Waals surface area (Å²) in [6, 6.07) is 8.01. The van der Waals surface area contributed by atoms with Crippen LogP contribution >= 0.6 is 11.8 Å². The summed E-state index contributed by atoms with van der Waals surface area (Å²) in [7, 11) is 1.82. The summed E-state index contributed by atoms with van der Waals surface area (Å²) in [6.45, 7) is 7.67. The van der Waals surface area contributed by atoms with Crippen molar-refractivity contribution in [3.8, 4) is 0 Å². The van der Waals surface area contributed by atoms with Crippen molar-refractivity contribution >= 4 is 24.2 Å². The third-order valence-electron chi connectivity index (χ3n) is 1.36. The Balaban J connectivity index is 0.000000791. The molecule has 0 aliphatic carbocycles. The molecule has 0 aliphatic heterocycles. The minimum Gasteiger partial charge on any atom is -0.410 e. The quantitative estimate of drug-likeness (QED) is 0.322. The highest BCUT2D eigenvalue weighted by Crippen LogP contribution is 2.30. The van der Waals surface area contributed by atoms with Gasteiger partial charge in [0.2, 0.25) is 0 Å². The minimum atomic E-state index is 0.975. The van der Waals surface area contributed by atoms with Gasteiger partial charge in [0, 0.05) is 0 Å². The van der Waals surface area contributed by atoms with Crippen LogP contribution in [0.5, 0.6) is 0 Å². The van der Waals surface area contributed by atoms with E-state index in [1.807, 2.05) is 51.4 Å². The maximum Gasteiger partial charge on any atom is 0.127 e. The van der Waals surface area contributed by atoms with Crippen molar-refractivity contribution in [2.45, 2.75) is 18.7 Å². The SMILES string of the molecule is C=[N+](C)[N-]c1ccccc1SC.CC. The van der Waals surface area contributed by atoms with E-state index in [-0.39, 0.29) is 0 Å². The van der Waals surface area contributed by atoms with Crippen LogP contribution in [0.2, 0.25) is 0 Å². The van der Waals surface area contributed by atoms with Crippen molar-refractivity contribution in [1.82, 2.24) is 0 Å². The van der Waals surface area contributed by atoms with Gasteiger partial charge in [0.1, 0.15) is 13.8 Å². The van der Waals surface area contributed by atoms with Gasteiger partial charge in [-0.05, 0) is 17.2 Å². The average Bonchev–Trinajstić information content (AvgIpc) is 2.21. The van der Waals surface area contributed by atoms with Crippen molar-refractivity contribution < 1.29 is 4.68 Å². The Hall–Kier alpha value is -0.960. The Bertz CT molecular complexity index is 284. The van der Waals surface area contributed by atoms with E-state index < -0.39 is 0 Å². The van der Waals surface area contributed by atoms with Crippen LogP contribution in [0.1, 0.15) is 13.8 Å². The molecule has 0 N–H and O–H groups in total. The van der Waals surface area contributed by atoms with E-state index in [2.05, 4.69) is 12.1 Å². The molecule has 0 fully saturated rings. The molecule has 14 heavy (non-hydrogen) atoms. The van der Waals surface area contributed by atoms with Crippen LogP contribution in [0.15, 0.2) is 29.2 Å². The first-order valence-electron chi connectivity index (χ1n) is 4.63. The number of hydrogen-bond acceptors (Lipinski definition) is 1. The van der Waals surface area contributed by atoms with Crippen LogP contribution in [-0.4, -0.2) is 24.7 Å². The van der Waals surface area contributed by atoms with E-state index >= 15 is 0 Å².